The number of carbonyl (C=O) groups excluding carboxylic acids is 2. The molecule has 28 heavy (non-hydrogen) atoms. The summed E-state index contributed by atoms with van der Waals surface area (Å²) in [6, 6.07) is 19.7. The first kappa shape index (κ1) is 19.6. The molecule has 3 aromatic rings. The van der Waals surface area contributed by atoms with Gasteiger partial charge in [0.25, 0.3) is 11.8 Å². The maximum Gasteiger partial charge on any atom is 0.255 e. The van der Waals surface area contributed by atoms with Crippen molar-refractivity contribution in [1.29, 1.82) is 0 Å². The lowest BCUT2D eigenvalue weighted by atomic mass is 10.1. The van der Waals surface area contributed by atoms with Gasteiger partial charge in [-0.15, -0.1) is 0 Å². The second kappa shape index (κ2) is 8.67. The minimum absolute atomic E-state index is 0.0826. The molecule has 0 spiro atoms. The van der Waals surface area contributed by atoms with Crippen molar-refractivity contribution in [3.05, 3.63) is 100 Å². The number of anilines is 1. The Hall–Kier alpha value is -3.18. The van der Waals surface area contributed by atoms with Crippen molar-refractivity contribution in [3.8, 4) is 0 Å². The molecule has 0 fully saturated rings. The number of halogens is 2. The highest BCUT2D eigenvalue weighted by Gasteiger charge is 2.14. The van der Waals surface area contributed by atoms with Gasteiger partial charge in [0, 0.05) is 16.8 Å². The van der Waals surface area contributed by atoms with Crippen molar-refractivity contribution in [1.82, 2.24) is 5.32 Å². The molecule has 0 saturated heterocycles. The predicted octanol–water partition coefficient (Wildman–Crippen LogP) is 5.22. The van der Waals surface area contributed by atoms with E-state index in [4.69, 9.17) is 11.6 Å². The van der Waals surface area contributed by atoms with Gasteiger partial charge in [0.2, 0.25) is 0 Å². The molecular weight excluding hydrogens is 379 g/mol. The van der Waals surface area contributed by atoms with Crippen LogP contribution in [0.1, 0.15) is 39.2 Å². The van der Waals surface area contributed by atoms with Gasteiger partial charge in [-0.05, 0) is 48.9 Å². The summed E-state index contributed by atoms with van der Waals surface area (Å²) in [4.78, 5) is 25.0. The Bertz CT molecular complexity index is 1010. The van der Waals surface area contributed by atoms with Crippen LogP contribution in [0.15, 0.2) is 72.8 Å². The molecule has 1 atom stereocenters. The molecule has 2 amide bonds. The van der Waals surface area contributed by atoms with E-state index < -0.39 is 11.7 Å². The first-order chi connectivity index (χ1) is 13.4. The van der Waals surface area contributed by atoms with Crippen LogP contribution in [0.3, 0.4) is 0 Å². The van der Waals surface area contributed by atoms with Crippen LogP contribution in [-0.4, -0.2) is 11.8 Å². The van der Waals surface area contributed by atoms with Crippen LogP contribution in [0.4, 0.5) is 10.1 Å². The van der Waals surface area contributed by atoms with Crippen molar-refractivity contribution in [2.24, 2.45) is 0 Å². The summed E-state index contributed by atoms with van der Waals surface area (Å²) in [6.45, 7) is 1.89. The van der Waals surface area contributed by atoms with E-state index in [-0.39, 0.29) is 17.0 Å². The summed E-state index contributed by atoms with van der Waals surface area (Å²) in [6.07, 6.45) is 0. The SMILES string of the molecule is CC(NC(=O)c1cccc(C(=O)Nc2ccc(F)c(Cl)c2)c1)c1ccccc1. The fourth-order valence-corrected chi connectivity index (χ4v) is 2.86. The Morgan fingerprint density at radius 3 is 2.25 bits per heavy atom. The standard InChI is InChI=1S/C22H18ClFN2O2/c1-14(15-6-3-2-4-7-15)25-21(27)16-8-5-9-17(12-16)22(28)26-18-10-11-20(24)19(23)13-18/h2-14H,1H3,(H,25,27)(H,26,28). The summed E-state index contributed by atoms with van der Waals surface area (Å²) < 4.78 is 13.2. The molecule has 1 unspecified atom stereocenters. The zero-order valence-electron chi connectivity index (χ0n) is 15.1. The first-order valence-corrected chi connectivity index (χ1v) is 9.04. The van der Waals surface area contributed by atoms with Gasteiger partial charge >= 0.3 is 0 Å². The highest BCUT2D eigenvalue weighted by molar-refractivity contribution is 6.31. The van der Waals surface area contributed by atoms with Crippen molar-refractivity contribution < 1.29 is 14.0 Å². The lowest BCUT2D eigenvalue weighted by Gasteiger charge is -2.14. The molecule has 142 valence electrons. The zero-order chi connectivity index (χ0) is 20.1. The molecule has 4 nitrogen and oxygen atoms in total. The Morgan fingerprint density at radius 1 is 0.893 bits per heavy atom. The van der Waals surface area contributed by atoms with Crippen molar-refractivity contribution in [2.75, 3.05) is 5.32 Å². The van der Waals surface area contributed by atoms with E-state index in [1.807, 2.05) is 37.3 Å². The van der Waals surface area contributed by atoms with Gasteiger partial charge < -0.3 is 10.6 Å². The van der Waals surface area contributed by atoms with E-state index in [9.17, 15) is 14.0 Å². The number of hydrogen-bond acceptors (Lipinski definition) is 2. The fraction of sp³-hybridized carbons (Fsp3) is 0.0909. The summed E-state index contributed by atoms with van der Waals surface area (Å²) in [7, 11) is 0. The molecular formula is C22H18ClFN2O2. The molecule has 0 bridgehead atoms. The van der Waals surface area contributed by atoms with Crippen LogP contribution < -0.4 is 10.6 Å². The topological polar surface area (TPSA) is 58.2 Å². The van der Waals surface area contributed by atoms with E-state index >= 15 is 0 Å². The van der Waals surface area contributed by atoms with E-state index in [1.165, 1.54) is 24.3 Å². The molecule has 0 heterocycles. The minimum atomic E-state index is -0.564. The number of rotatable bonds is 5. The third kappa shape index (κ3) is 4.75. The highest BCUT2D eigenvalue weighted by atomic mass is 35.5. The van der Waals surface area contributed by atoms with Crippen LogP contribution in [0.2, 0.25) is 5.02 Å². The van der Waals surface area contributed by atoms with Gasteiger partial charge in [0.1, 0.15) is 5.82 Å². The predicted molar refractivity (Wildman–Crippen MR) is 108 cm³/mol. The molecule has 0 aliphatic rings. The van der Waals surface area contributed by atoms with Crippen molar-refractivity contribution >= 4 is 29.1 Å². The van der Waals surface area contributed by atoms with Crippen LogP contribution in [0, 0.1) is 5.82 Å². The molecule has 2 N–H and O–H groups in total. The van der Waals surface area contributed by atoms with Crippen LogP contribution in [0.25, 0.3) is 0 Å². The van der Waals surface area contributed by atoms with Gasteiger partial charge in [0.15, 0.2) is 0 Å². The molecule has 0 aromatic heterocycles. The fourth-order valence-electron chi connectivity index (χ4n) is 2.68. The largest absolute Gasteiger partial charge is 0.346 e. The van der Waals surface area contributed by atoms with E-state index in [2.05, 4.69) is 10.6 Å². The monoisotopic (exact) mass is 396 g/mol. The second-order valence-electron chi connectivity index (χ2n) is 6.27. The van der Waals surface area contributed by atoms with E-state index in [0.717, 1.165) is 5.56 Å². The average Bonchev–Trinajstić information content (AvgIpc) is 2.71. The maximum absolute atomic E-state index is 13.2. The number of amides is 2. The Labute approximate surface area is 167 Å². The van der Waals surface area contributed by atoms with Crippen LogP contribution in [0.5, 0.6) is 0 Å². The van der Waals surface area contributed by atoms with E-state index in [0.29, 0.717) is 16.8 Å². The maximum atomic E-state index is 13.2. The first-order valence-electron chi connectivity index (χ1n) is 8.66. The third-order valence-corrected chi connectivity index (χ3v) is 4.50. The molecule has 0 saturated carbocycles. The summed E-state index contributed by atoms with van der Waals surface area (Å²) >= 11 is 5.73. The summed E-state index contributed by atoms with van der Waals surface area (Å²) in [5.41, 5.74) is 2.02. The second-order valence-corrected chi connectivity index (χ2v) is 6.68. The zero-order valence-corrected chi connectivity index (χ0v) is 15.8. The quantitative estimate of drug-likeness (QED) is 0.621. The van der Waals surface area contributed by atoms with E-state index in [1.54, 1.807) is 18.2 Å². The Kier molecular flexibility index (Phi) is 6.06. The molecule has 0 radical (unpaired) electrons. The average molecular weight is 397 g/mol. The Morgan fingerprint density at radius 2 is 1.57 bits per heavy atom. The Balaban J connectivity index is 1.71. The third-order valence-electron chi connectivity index (χ3n) is 4.21. The van der Waals surface area contributed by atoms with Crippen LogP contribution >= 0.6 is 11.6 Å². The van der Waals surface area contributed by atoms with Gasteiger partial charge in [-0.3, -0.25) is 9.59 Å². The molecule has 3 aromatic carbocycles. The smallest absolute Gasteiger partial charge is 0.255 e. The molecule has 0 aliphatic heterocycles. The van der Waals surface area contributed by atoms with Gasteiger partial charge in [-0.25, -0.2) is 4.39 Å². The van der Waals surface area contributed by atoms with Gasteiger partial charge in [-0.1, -0.05) is 48.0 Å². The number of benzene rings is 3. The normalized spacial score (nSPS) is 11.5. The number of hydrogen-bond donors (Lipinski definition) is 2. The van der Waals surface area contributed by atoms with Crippen molar-refractivity contribution in [2.45, 2.75) is 13.0 Å². The van der Waals surface area contributed by atoms with Crippen LogP contribution in [-0.2, 0) is 0 Å². The lowest BCUT2D eigenvalue weighted by molar-refractivity contribution is 0.0940. The number of nitrogens with one attached hydrogen (secondary N) is 2. The van der Waals surface area contributed by atoms with Crippen molar-refractivity contribution in [3.63, 3.8) is 0 Å². The molecule has 3 rings (SSSR count). The molecule has 6 heteroatoms. The number of carbonyl (C=O) groups is 2. The highest BCUT2D eigenvalue weighted by Crippen LogP contribution is 2.20. The van der Waals surface area contributed by atoms with Gasteiger partial charge in [-0.2, -0.15) is 0 Å². The van der Waals surface area contributed by atoms with Gasteiger partial charge in [0.05, 0.1) is 11.1 Å². The molecule has 0 aliphatic carbocycles. The minimum Gasteiger partial charge on any atom is -0.346 e. The summed E-state index contributed by atoms with van der Waals surface area (Å²) in [5.74, 6) is -1.27. The summed E-state index contributed by atoms with van der Waals surface area (Å²) in [5, 5.41) is 5.47. The lowest BCUT2D eigenvalue weighted by Crippen LogP contribution is -2.27.